The normalized spacial score (nSPS) is 15.0. The van der Waals surface area contributed by atoms with Crippen LogP contribution in [-0.4, -0.2) is 16.1 Å². The second-order valence-electron chi connectivity index (χ2n) is 16.8. The van der Waals surface area contributed by atoms with Crippen molar-refractivity contribution in [1.82, 2.24) is 9.55 Å². The fourth-order valence-electron chi connectivity index (χ4n) is 7.69. The fraction of sp³-hybridized carbons (Fsp3) is 0.208. The maximum absolute atomic E-state index is 8.90. The molecule has 6 aromatic carbocycles. The van der Waals surface area contributed by atoms with E-state index in [1.54, 1.807) is 12.1 Å². The van der Waals surface area contributed by atoms with E-state index in [0.29, 0.717) is 40.4 Å². The summed E-state index contributed by atoms with van der Waals surface area (Å²) in [6, 6.07) is 38.3. The van der Waals surface area contributed by atoms with Gasteiger partial charge in [-0.3, -0.25) is 0 Å². The molecule has 59 heavy (non-hydrogen) atoms. The van der Waals surface area contributed by atoms with E-state index in [0.717, 1.165) is 39.0 Å². The standard InChI is InChI=1S/C53H49N4O.Pt/c1-36-30-39(53(5,6)7)31-46(37-16-9-8-10-17-37)43(36)27-29-55-35-56(49-23-14-13-22-48(49)55)40-18-15-19-41(33-40)58-42-24-25-45-44-20-11-12-21-47(44)57(50(45)34-42)51-32-38(26-28-54-51)52(2,3)4;/h8-26,28,30-32,35H,27,29H2,1-7H3;/q-3;/i1D3,8D,9D,10D,16D,17D;. The Kier molecular flexibility index (Phi) is 8.41. The van der Waals surface area contributed by atoms with Crippen molar-refractivity contribution in [2.45, 2.75) is 65.6 Å². The summed E-state index contributed by atoms with van der Waals surface area (Å²) in [6.07, 6.45) is 2.04. The molecule has 3 heterocycles. The molecule has 2 aromatic heterocycles. The molecule has 0 amide bonds. The van der Waals surface area contributed by atoms with Crippen LogP contribution in [0, 0.1) is 25.7 Å². The number of ether oxygens (including phenoxy) is 1. The summed E-state index contributed by atoms with van der Waals surface area (Å²) in [5.74, 6) is 1.79. The van der Waals surface area contributed by atoms with Gasteiger partial charge < -0.3 is 19.1 Å². The van der Waals surface area contributed by atoms with Crippen LogP contribution in [0.25, 0.3) is 38.8 Å². The first kappa shape index (κ1) is 31.3. The van der Waals surface area contributed by atoms with Gasteiger partial charge in [0.1, 0.15) is 5.82 Å². The van der Waals surface area contributed by atoms with Crippen LogP contribution in [-0.2, 0) is 38.3 Å². The van der Waals surface area contributed by atoms with Crippen LogP contribution in [0.1, 0.15) is 74.8 Å². The summed E-state index contributed by atoms with van der Waals surface area (Å²) in [4.78, 5) is 8.84. The Morgan fingerprint density at radius 1 is 0.746 bits per heavy atom. The maximum Gasteiger partial charge on any atom is 0.135 e. The minimum absolute atomic E-state index is 0. The predicted octanol–water partition coefficient (Wildman–Crippen LogP) is 13.5. The van der Waals surface area contributed by atoms with E-state index < -0.39 is 30.4 Å². The quantitative estimate of drug-likeness (QED) is 0.142. The largest absolute Gasteiger partial charge is 0.509 e. The van der Waals surface area contributed by atoms with Gasteiger partial charge in [0.25, 0.3) is 0 Å². The first-order chi connectivity index (χ1) is 31.2. The van der Waals surface area contributed by atoms with Crippen LogP contribution in [0.3, 0.4) is 0 Å². The fourth-order valence-corrected chi connectivity index (χ4v) is 7.69. The van der Waals surface area contributed by atoms with E-state index >= 15 is 0 Å². The van der Waals surface area contributed by atoms with Crippen molar-refractivity contribution < 1.29 is 36.8 Å². The third kappa shape index (κ3) is 7.81. The summed E-state index contributed by atoms with van der Waals surface area (Å²) >= 11 is 0. The van der Waals surface area contributed by atoms with Crippen molar-refractivity contribution in [3.63, 3.8) is 0 Å². The van der Waals surface area contributed by atoms with Crippen molar-refractivity contribution in [2.75, 3.05) is 16.3 Å². The Bertz CT molecular complexity index is 3180. The predicted molar refractivity (Wildman–Crippen MR) is 241 cm³/mol. The molecule has 0 fully saturated rings. The molecular weight excluding hydrogens is 904 g/mol. The van der Waals surface area contributed by atoms with Gasteiger partial charge in [0, 0.05) is 59.8 Å². The smallest absolute Gasteiger partial charge is 0.135 e. The number of anilines is 3. The molecule has 9 rings (SSSR count). The second kappa shape index (κ2) is 15.8. The van der Waals surface area contributed by atoms with Crippen molar-refractivity contribution in [1.29, 1.82) is 0 Å². The maximum atomic E-state index is 8.90. The second-order valence-corrected chi connectivity index (χ2v) is 16.8. The average molecular weight is 961 g/mol. The van der Waals surface area contributed by atoms with E-state index in [1.807, 2.05) is 104 Å². The number of fused-ring (bicyclic) bond motifs is 4. The first-order valence-electron chi connectivity index (χ1n) is 23.6. The zero-order valence-corrected chi connectivity index (χ0v) is 36.2. The summed E-state index contributed by atoms with van der Waals surface area (Å²) in [6.45, 7) is 12.1. The minimum atomic E-state index is -2.56. The van der Waals surface area contributed by atoms with Crippen LogP contribution >= 0.6 is 0 Å². The van der Waals surface area contributed by atoms with Crippen LogP contribution in [0.4, 0.5) is 17.1 Å². The monoisotopic (exact) mass is 960 g/mol. The van der Waals surface area contributed by atoms with Crippen LogP contribution < -0.4 is 14.5 Å². The van der Waals surface area contributed by atoms with Crippen LogP contribution in [0.15, 0.2) is 140 Å². The van der Waals surface area contributed by atoms with Gasteiger partial charge >= 0.3 is 0 Å². The molecule has 0 N–H and O–H groups in total. The van der Waals surface area contributed by atoms with E-state index in [4.69, 9.17) is 20.7 Å². The molecule has 0 radical (unpaired) electrons. The first-order valence-corrected chi connectivity index (χ1v) is 19.6. The number of rotatable bonds is 8. The zero-order valence-electron chi connectivity index (χ0n) is 41.9. The average Bonchev–Trinajstić information content (AvgIpc) is 3.81. The molecule has 8 aromatic rings. The molecule has 300 valence electrons. The summed E-state index contributed by atoms with van der Waals surface area (Å²) in [5, 5.41) is 2.11. The molecule has 0 bridgehead atoms. The Morgan fingerprint density at radius 2 is 1.49 bits per heavy atom. The molecule has 0 unspecified atom stereocenters. The van der Waals surface area contributed by atoms with Crippen molar-refractivity contribution in [3.05, 3.63) is 181 Å². The van der Waals surface area contributed by atoms with Gasteiger partial charge in [-0.1, -0.05) is 120 Å². The molecule has 5 nitrogen and oxygen atoms in total. The molecule has 0 saturated heterocycles. The SMILES string of the molecule is [2H]c1c([2H])c([2H])c(-c2cc(C(C)(C)C)cc(C([2H])([2H])[2H])c2CCN2[CH-]N(c3[c-]c(Oc4[c-]c5c(cc4)c4ccccc4n5-c4cc(C(C)(C)C)ccn4)ccc3)c3ccccc32)c([2H])c1[2H].[Pt]. The number of hydrogen-bond acceptors (Lipinski definition) is 4. The number of benzene rings is 6. The molecule has 1 aliphatic heterocycles. The van der Waals surface area contributed by atoms with Gasteiger partial charge in [0.15, 0.2) is 0 Å². The zero-order chi connectivity index (χ0) is 47.0. The van der Waals surface area contributed by atoms with E-state index in [9.17, 15) is 0 Å². The number of aryl methyl sites for hydroxylation is 1. The van der Waals surface area contributed by atoms with Gasteiger partial charge in [0.05, 0.1) is 6.85 Å². The van der Waals surface area contributed by atoms with Gasteiger partial charge in [-0.05, 0) is 99.7 Å². The number of pyridine rings is 1. The van der Waals surface area contributed by atoms with Crippen molar-refractivity contribution in [3.8, 4) is 28.4 Å². The summed E-state index contributed by atoms with van der Waals surface area (Å²) in [5.41, 5.74) is 6.38. The molecule has 6 heteroatoms. The molecule has 0 saturated carbocycles. The Labute approximate surface area is 374 Å². The summed E-state index contributed by atoms with van der Waals surface area (Å²) in [7, 11) is 0. The molecular formula is C53H49N4OPt-3. The Balaban J connectivity index is 0.00000608. The summed E-state index contributed by atoms with van der Waals surface area (Å²) < 4.78 is 77.7. The number of aromatic nitrogens is 2. The topological polar surface area (TPSA) is 33.5 Å². The van der Waals surface area contributed by atoms with Gasteiger partial charge in [0.2, 0.25) is 0 Å². The van der Waals surface area contributed by atoms with Gasteiger partial charge in [-0.2, -0.15) is 18.8 Å². The number of hydrogen-bond donors (Lipinski definition) is 0. The molecule has 0 aliphatic carbocycles. The number of para-hydroxylation sites is 3. The molecule has 0 atom stereocenters. The van der Waals surface area contributed by atoms with E-state index in [2.05, 4.69) is 67.8 Å². The van der Waals surface area contributed by atoms with Crippen LogP contribution in [0.2, 0.25) is 0 Å². The van der Waals surface area contributed by atoms with Crippen molar-refractivity contribution in [2.24, 2.45) is 0 Å². The van der Waals surface area contributed by atoms with E-state index in [-0.39, 0.29) is 56.1 Å². The third-order valence-electron chi connectivity index (χ3n) is 10.8. The van der Waals surface area contributed by atoms with Gasteiger partial charge in [-0.25, -0.2) is 4.98 Å². The Morgan fingerprint density at radius 3 is 2.27 bits per heavy atom. The van der Waals surface area contributed by atoms with Crippen LogP contribution in [0.5, 0.6) is 11.5 Å². The minimum Gasteiger partial charge on any atom is -0.509 e. The third-order valence-corrected chi connectivity index (χ3v) is 10.8. The van der Waals surface area contributed by atoms with E-state index in [1.165, 1.54) is 5.56 Å². The molecule has 0 spiro atoms. The molecule has 1 aliphatic rings. The van der Waals surface area contributed by atoms with Crippen molar-refractivity contribution >= 4 is 38.9 Å². The number of nitrogens with zero attached hydrogens (tertiary/aromatic N) is 4. The Hall–Kier alpha value is -5.64. The van der Waals surface area contributed by atoms with Gasteiger partial charge in [-0.15, -0.1) is 41.4 Å².